The summed E-state index contributed by atoms with van der Waals surface area (Å²) in [5, 5.41) is 8.39. The van der Waals surface area contributed by atoms with Crippen molar-refractivity contribution in [3.05, 3.63) is 77.5 Å². The summed E-state index contributed by atoms with van der Waals surface area (Å²) in [6, 6.07) is 11.9. The number of hydrogen-bond acceptors (Lipinski definition) is 5. The standard InChI is InChI=1S/C16H17ClN4.C5H5NS/c1-10-15(5-12(17)9-19-10)21-13-3-4-14-11(7-18-2)8-20-16(14)6-13;7-5-2-1-3-6-4-5/h3-6,8-9,18,20-21H,7H2,1-2H3;1-4,7H. The van der Waals surface area contributed by atoms with Crippen LogP contribution in [-0.4, -0.2) is 22.0 Å². The van der Waals surface area contributed by atoms with E-state index in [4.69, 9.17) is 11.6 Å². The van der Waals surface area contributed by atoms with Gasteiger partial charge in [-0.3, -0.25) is 9.97 Å². The molecule has 0 aliphatic rings. The van der Waals surface area contributed by atoms with Gasteiger partial charge in [-0.2, -0.15) is 0 Å². The van der Waals surface area contributed by atoms with Gasteiger partial charge in [0.1, 0.15) is 0 Å². The molecule has 7 heteroatoms. The topological polar surface area (TPSA) is 65.6 Å². The van der Waals surface area contributed by atoms with Crippen LogP contribution in [-0.2, 0) is 6.54 Å². The van der Waals surface area contributed by atoms with E-state index in [1.54, 1.807) is 18.6 Å². The minimum absolute atomic E-state index is 0.625. The molecule has 5 nitrogen and oxygen atoms in total. The Bertz CT molecular complexity index is 1050. The van der Waals surface area contributed by atoms with Gasteiger partial charge in [0.05, 0.1) is 16.4 Å². The summed E-state index contributed by atoms with van der Waals surface area (Å²) in [6.45, 7) is 2.81. The van der Waals surface area contributed by atoms with Gasteiger partial charge in [-0.1, -0.05) is 17.7 Å². The van der Waals surface area contributed by atoms with Crippen molar-refractivity contribution in [3.8, 4) is 0 Å². The number of halogens is 1. The Balaban J connectivity index is 0.000000271. The van der Waals surface area contributed by atoms with Crippen LogP contribution in [0.15, 0.2) is 66.1 Å². The van der Waals surface area contributed by atoms with Gasteiger partial charge in [0, 0.05) is 52.8 Å². The van der Waals surface area contributed by atoms with Crippen molar-refractivity contribution in [3.63, 3.8) is 0 Å². The predicted molar refractivity (Wildman–Crippen MR) is 120 cm³/mol. The fourth-order valence-electron chi connectivity index (χ4n) is 2.74. The molecular formula is C21H22ClN5S. The number of aromatic amines is 1. The van der Waals surface area contributed by atoms with Gasteiger partial charge in [-0.05, 0) is 49.9 Å². The zero-order valence-electron chi connectivity index (χ0n) is 15.7. The number of pyridine rings is 2. The molecule has 0 saturated carbocycles. The van der Waals surface area contributed by atoms with Crippen molar-refractivity contribution >= 4 is 46.5 Å². The van der Waals surface area contributed by atoms with Crippen molar-refractivity contribution < 1.29 is 0 Å². The van der Waals surface area contributed by atoms with Crippen LogP contribution in [0, 0.1) is 6.92 Å². The van der Waals surface area contributed by atoms with Crippen LogP contribution >= 0.6 is 24.2 Å². The molecule has 28 heavy (non-hydrogen) atoms. The molecule has 1 aromatic carbocycles. The third-order valence-electron chi connectivity index (χ3n) is 4.11. The minimum atomic E-state index is 0.625. The molecule has 4 rings (SSSR count). The van der Waals surface area contributed by atoms with Crippen molar-refractivity contribution in [2.75, 3.05) is 12.4 Å². The lowest BCUT2D eigenvalue weighted by atomic mass is 10.1. The largest absolute Gasteiger partial charge is 0.361 e. The van der Waals surface area contributed by atoms with E-state index in [-0.39, 0.29) is 0 Å². The number of aryl methyl sites for hydroxylation is 1. The summed E-state index contributed by atoms with van der Waals surface area (Å²) in [4.78, 5) is 12.3. The van der Waals surface area contributed by atoms with Gasteiger partial charge in [0.2, 0.25) is 0 Å². The molecule has 0 aliphatic heterocycles. The molecule has 0 radical (unpaired) electrons. The Morgan fingerprint density at radius 3 is 2.71 bits per heavy atom. The van der Waals surface area contributed by atoms with Gasteiger partial charge in [0.15, 0.2) is 0 Å². The van der Waals surface area contributed by atoms with Gasteiger partial charge in [0.25, 0.3) is 0 Å². The summed E-state index contributed by atoms with van der Waals surface area (Å²) in [5.41, 5.74) is 5.22. The Morgan fingerprint density at radius 2 is 2.04 bits per heavy atom. The van der Waals surface area contributed by atoms with E-state index in [2.05, 4.69) is 56.4 Å². The van der Waals surface area contributed by atoms with Crippen molar-refractivity contribution in [1.82, 2.24) is 20.3 Å². The monoisotopic (exact) mass is 411 g/mol. The quantitative estimate of drug-likeness (QED) is 0.341. The third kappa shape index (κ3) is 5.25. The molecular weight excluding hydrogens is 390 g/mol. The van der Waals surface area contributed by atoms with Gasteiger partial charge >= 0.3 is 0 Å². The molecule has 3 aromatic heterocycles. The molecule has 0 bridgehead atoms. The van der Waals surface area contributed by atoms with E-state index >= 15 is 0 Å². The zero-order valence-corrected chi connectivity index (χ0v) is 17.4. The van der Waals surface area contributed by atoms with Gasteiger partial charge in [-0.25, -0.2) is 0 Å². The number of nitrogens with one attached hydrogen (secondary N) is 3. The van der Waals surface area contributed by atoms with Crippen LogP contribution in [0.25, 0.3) is 10.9 Å². The summed E-state index contributed by atoms with van der Waals surface area (Å²) in [7, 11) is 1.95. The normalized spacial score (nSPS) is 10.4. The number of fused-ring (bicyclic) bond motifs is 1. The lowest BCUT2D eigenvalue weighted by molar-refractivity contribution is 0.823. The maximum atomic E-state index is 6.00. The highest BCUT2D eigenvalue weighted by molar-refractivity contribution is 7.80. The van der Waals surface area contributed by atoms with E-state index in [1.165, 1.54) is 10.9 Å². The average molecular weight is 412 g/mol. The fourth-order valence-corrected chi connectivity index (χ4v) is 3.05. The number of hydrogen-bond donors (Lipinski definition) is 4. The highest BCUT2D eigenvalue weighted by Gasteiger charge is 2.06. The maximum Gasteiger partial charge on any atom is 0.0615 e. The Hall–Kier alpha value is -2.54. The van der Waals surface area contributed by atoms with Gasteiger partial charge in [-0.15, -0.1) is 12.6 Å². The van der Waals surface area contributed by atoms with E-state index < -0.39 is 0 Å². The first kappa shape index (κ1) is 20.2. The molecule has 0 amide bonds. The molecule has 0 aliphatic carbocycles. The van der Waals surface area contributed by atoms with Crippen LogP contribution in [0.2, 0.25) is 5.02 Å². The lowest BCUT2D eigenvalue weighted by Gasteiger charge is -2.09. The molecule has 0 fully saturated rings. The fraction of sp³-hybridized carbons (Fsp3) is 0.143. The molecule has 0 atom stereocenters. The lowest BCUT2D eigenvalue weighted by Crippen LogP contribution is -2.03. The molecule has 0 spiro atoms. The van der Waals surface area contributed by atoms with Crippen LogP contribution in [0.3, 0.4) is 0 Å². The second-order valence-corrected chi connectivity index (χ2v) is 7.18. The van der Waals surface area contributed by atoms with Crippen molar-refractivity contribution in [2.45, 2.75) is 18.4 Å². The maximum absolute atomic E-state index is 6.00. The number of anilines is 2. The number of aromatic nitrogens is 3. The highest BCUT2D eigenvalue weighted by Crippen LogP contribution is 2.26. The first-order valence-corrected chi connectivity index (χ1v) is 9.62. The van der Waals surface area contributed by atoms with E-state index in [1.807, 2.05) is 38.4 Å². The number of nitrogens with zero attached hydrogens (tertiary/aromatic N) is 2. The van der Waals surface area contributed by atoms with Crippen molar-refractivity contribution in [2.24, 2.45) is 0 Å². The first-order valence-electron chi connectivity index (χ1n) is 8.79. The zero-order chi connectivity index (χ0) is 19.9. The van der Waals surface area contributed by atoms with Crippen molar-refractivity contribution in [1.29, 1.82) is 0 Å². The molecule has 0 saturated heterocycles. The third-order valence-corrected chi connectivity index (χ3v) is 4.58. The predicted octanol–water partition coefficient (Wildman–Crippen LogP) is 5.36. The summed E-state index contributed by atoms with van der Waals surface area (Å²) < 4.78 is 0. The average Bonchev–Trinajstić information content (AvgIpc) is 3.08. The molecule has 144 valence electrons. The number of rotatable bonds is 4. The van der Waals surface area contributed by atoms with E-state index in [9.17, 15) is 0 Å². The minimum Gasteiger partial charge on any atom is -0.361 e. The molecule has 3 N–H and O–H groups in total. The Kier molecular flexibility index (Phi) is 6.92. The second kappa shape index (κ2) is 9.59. The first-order chi connectivity index (χ1) is 13.6. The van der Waals surface area contributed by atoms with Crippen LogP contribution in [0.4, 0.5) is 11.4 Å². The van der Waals surface area contributed by atoms with Crippen LogP contribution in [0.1, 0.15) is 11.3 Å². The Morgan fingerprint density at radius 1 is 1.18 bits per heavy atom. The van der Waals surface area contributed by atoms with Crippen LogP contribution in [0.5, 0.6) is 0 Å². The summed E-state index contributed by atoms with van der Waals surface area (Å²) >= 11 is 10.0. The smallest absolute Gasteiger partial charge is 0.0615 e. The number of thiol groups is 1. The van der Waals surface area contributed by atoms with E-state index in [0.717, 1.165) is 34.0 Å². The van der Waals surface area contributed by atoms with E-state index in [0.29, 0.717) is 5.02 Å². The molecule has 4 aromatic rings. The Labute approximate surface area is 175 Å². The summed E-state index contributed by atoms with van der Waals surface area (Å²) in [6.07, 6.45) is 7.11. The molecule has 0 unspecified atom stereocenters. The second-order valence-electron chi connectivity index (χ2n) is 6.23. The number of H-pyrrole nitrogens is 1. The molecule has 3 heterocycles. The SMILES string of the molecule is CNCc1c[nH]c2cc(Nc3cc(Cl)cnc3C)ccc12.Sc1cccnc1. The highest BCUT2D eigenvalue weighted by atomic mass is 35.5. The number of benzene rings is 1. The summed E-state index contributed by atoms with van der Waals surface area (Å²) in [5.74, 6) is 0. The van der Waals surface area contributed by atoms with Crippen LogP contribution < -0.4 is 10.6 Å². The van der Waals surface area contributed by atoms with Gasteiger partial charge < -0.3 is 15.6 Å².